The largest absolute Gasteiger partial charge is 0.488 e. The Bertz CT molecular complexity index is 424. The molecule has 0 aromatic heterocycles. The van der Waals surface area contributed by atoms with Crippen LogP contribution in [0.15, 0.2) is 18.2 Å². The van der Waals surface area contributed by atoms with Crippen LogP contribution in [0.5, 0.6) is 5.75 Å². The van der Waals surface area contributed by atoms with Crippen molar-refractivity contribution in [1.29, 1.82) is 0 Å². The van der Waals surface area contributed by atoms with Gasteiger partial charge in [0, 0.05) is 31.6 Å². The fraction of sp³-hybridized carbons (Fsp3) is 0.538. The summed E-state index contributed by atoms with van der Waals surface area (Å²) in [6.07, 6.45) is 1.50. The number of aliphatic hydroxyl groups excluding tert-OH is 1. The second-order valence-corrected chi connectivity index (χ2v) is 4.90. The van der Waals surface area contributed by atoms with Crippen molar-refractivity contribution < 1.29 is 14.2 Å². The number of hydrogen-bond donors (Lipinski definition) is 1. The van der Waals surface area contributed by atoms with Crippen molar-refractivity contribution >= 4 is 0 Å². The number of nitrogens with zero attached hydrogens (tertiary/aromatic N) is 1. The molecule has 1 fully saturated rings. The molecule has 3 rings (SSSR count). The van der Waals surface area contributed by atoms with E-state index < -0.39 is 0 Å². The van der Waals surface area contributed by atoms with Gasteiger partial charge >= 0.3 is 0 Å². The van der Waals surface area contributed by atoms with Gasteiger partial charge in [-0.3, -0.25) is 4.90 Å². The summed E-state index contributed by atoms with van der Waals surface area (Å²) in [5.41, 5.74) is 0.953. The first-order chi connectivity index (χ1) is 8.20. The Morgan fingerprint density at radius 2 is 2.35 bits per heavy atom. The molecule has 1 aromatic carbocycles. The lowest BCUT2D eigenvalue weighted by Crippen LogP contribution is -2.33. The predicted molar refractivity (Wildman–Crippen MR) is 61.6 cm³/mol. The third-order valence-electron chi connectivity index (χ3n) is 3.47. The molecule has 4 heteroatoms. The van der Waals surface area contributed by atoms with Gasteiger partial charge in [-0.05, 0) is 24.6 Å². The molecule has 2 heterocycles. The molecule has 2 atom stereocenters. The van der Waals surface area contributed by atoms with E-state index in [0.29, 0.717) is 0 Å². The van der Waals surface area contributed by atoms with Crippen molar-refractivity contribution in [1.82, 2.24) is 4.90 Å². The molecule has 2 aliphatic heterocycles. The third kappa shape index (κ3) is 2.28. The van der Waals surface area contributed by atoms with Gasteiger partial charge in [-0.25, -0.2) is 4.39 Å². The summed E-state index contributed by atoms with van der Waals surface area (Å²) in [4.78, 5) is 2.21. The minimum Gasteiger partial charge on any atom is -0.488 e. The minimum absolute atomic E-state index is 0.0945. The molecule has 1 aromatic rings. The fourth-order valence-electron chi connectivity index (χ4n) is 2.66. The lowest BCUT2D eigenvalue weighted by Gasteiger charge is -2.19. The van der Waals surface area contributed by atoms with Crippen molar-refractivity contribution in [3.63, 3.8) is 0 Å². The number of ether oxygens (including phenoxy) is 1. The highest BCUT2D eigenvalue weighted by molar-refractivity contribution is 5.37. The van der Waals surface area contributed by atoms with Gasteiger partial charge in [0.15, 0.2) is 0 Å². The van der Waals surface area contributed by atoms with Crippen molar-refractivity contribution in [2.75, 3.05) is 19.6 Å². The zero-order valence-corrected chi connectivity index (χ0v) is 9.60. The van der Waals surface area contributed by atoms with Crippen molar-refractivity contribution in [2.24, 2.45) is 0 Å². The quantitative estimate of drug-likeness (QED) is 0.839. The second-order valence-electron chi connectivity index (χ2n) is 4.90. The number of benzene rings is 1. The number of hydrogen-bond acceptors (Lipinski definition) is 3. The van der Waals surface area contributed by atoms with Gasteiger partial charge in [-0.1, -0.05) is 0 Å². The van der Waals surface area contributed by atoms with E-state index in [9.17, 15) is 9.50 Å². The summed E-state index contributed by atoms with van der Waals surface area (Å²) in [6.45, 7) is 2.46. The zero-order chi connectivity index (χ0) is 11.8. The summed E-state index contributed by atoms with van der Waals surface area (Å²) in [7, 11) is 0. The Kier molecular flexibility index (Phi) is 2.76. The van der Waals surface area contributed by atoms with E-state index in [1.54, 1.807) is 12.1 Å². The molecule has 3 nitrogen and oxygen atoms in total. The SMILES string of the molecule is OC1CCN(CC2Cc3cc(F)ccc3O2)C1. The van der Waals surface area contributed by atoms with Gasteiger partial charge in [0.1, 0.15) is 17.7 Å². The standard InChI is InChI=1S/C13H16FNO2/c14-10-1-2-13-9(5-10)6-12(17-13)8-15-4-3-11(16)7-15/h1-2,5,11-12,16H,3-4,6-8H2. The van der Waals surface area contributed by atoms with Gasteiger partial charge in [0.2, 0.25) is 0 Å². The number of aliphatic hydroxyl groups is 1. The van der Waals surface area contributed by atoms with Gasteiger partial charge in [-0.15, -0.1) is 0 Å². The number of rotatable bonds is 2. The number of fused-ring (bicyclic) bond motifs is 1. The van der Waals surface area contributed by atoms with E-state index in [4.69, 9.17) is 4.74 Å². The highest BCUT2D eigenvalue weighted by Crippen LogP contribution is 2.29. The lowest BCUT2D eigenvalue weighted by molar-refractivity contribution is 0.142. The monoisotopic (exact) mass is 237 g/mol. The Labute approximate surface area is 99.8 Å². The number of β-amino-alcohol motifs (C(OH)–C–C–N with tert-alkyl or cyclic N) is 1. The van der Waals surface area contributed by atoms with Crippen LogP contribution in [0.3, 0.4) is 0 Å². The van der Waals surface area contributed by atoms with Crippen LogP contribution in [-0.2, 0) is 6.42 Å². The minimum atomic E-state index is -0.204. The molecular weight excluding hydrogens is 221 g/mol. The summed E-state index contributed by atoms with van der Waals surface area (Å²) in [6, 6.07) is 4.68. The third-order valence-corrected chi connectivity index (χ3v) is 3.47. The van der Waals surface area contributed by atoms with E-state index in [2.05, 4.69) is 4.90 Å². The van der Waals surface area contributed by atoms with Crippen LogP contribution < -0.4 is 4.74 Å². The van der Waals surface area contributed by atoms with Crippen LogP contribution >= 0.6 is 0 Å². The first-order valence-electron chi connectivity index (χ1n) is 6.06. The highest BCUT2D eigenvalue weighted by Gasteiger charge is 2.28. The van der Waals surface area contributed by atoms with E-state index in [0.717, 1.165) is 43.8 Å². The number of likely N-dealkylation sites (tertiary alicyclic amines) is 1. The van der Waals surface area contributed by atoms with Crippen molar-refractivity contribution in [2.45, 2.75) is 25.0 Å². The molecule has 0 amide bonds. The normalized spacial score (nSPS) is 28.1. The summed E-state index contributed by atoms with van der Waals surface area (Å²) < 4.78 is 18.8. The summed E-state index contributed by atoms with van der Waals surface area (Å²) in [5, 5.41) is 9.45. The molecule has 17 heavy (non-hydrogen) atoms. The van der Waals surface area contributed by atoms with E-state index >= 15 is 0 Å². The van der Waals surface area contributed by atoms with Crippen LogP contribution in [0.4, 0.5) is 4.39 Å². The molecule has 1 saturated heterocycles. The molecule has 0 aliphatic carbocycles. The fourth-order valence-corrected chi connectivity index (χ4v) is 2.66. The van der Waals surface area contributed by atoms with Crippen molar-refractivity contribution in [3.8, 4) is 5.75 Å². The molecule has 1 N–H and O–H groups in total. The average Bonchev–Trinajstić information content (AvgIpc) is 2.84. The summed E-state index contributed by atoms with van der Waals surface area (Å²) >= 11 is 0. The lowest BCUT2D eigenvalue weighted by atomic mass is 10.1. The van der Waals surface area contributed by atoms with Gasteiger partial charge in [0.25, 0.3) is 0 Å². The molecule has 2 unspecified atom stereocenters. The molecule has 0 bridgehead atoms. The first-order valence-corrected chi connectivity index (χ1v) is 6.06. The average molecular weight is 237 g/mol. The zero-order valence-electron chi connectivity index (χ0n) is 9.60. The molecule has 92 valence electrons. The maximum Gasteiger partial charge on any atom is 0.123 e. The maximum atomic E-state index is 13.0. The molecule has 0 spiro atoms. The highest BCUT2D eigenvalue weighted by atomic mass is 19.1. The van der Waals surface area contributed by atoms with Crippen LogP contribution in [0.25, 0.3) is 0 Å². The Hall–Kier alpha value is -1.13. The maximum absolute atomic E-state index is 13.0. The molecule has 0 saturated carbocycles. The van der Waals surface area contributed by atoms with E-state index in [1.807, 2.05) is 0 Å². The van der Waals surface area contributed by atoms with Gasteiger partial charge in [0.05, 0.1) is 6.10 Å². The van der Waals surface area contributed by atoms with Crippen molar-refractivity contribution in [3.05, 3.63) is 29.6 Å². The molecule has 2 aliphatic rings. The van der Waals surface area contributed by atoms with Gasteiger partial charge in [-0.2, -0.15) is 0 Å². The summed E-state index contributed by atoms with van der Waals surface area (Å²) in [5.74, 6) is 0.598. The van der Waals surface area contributed by atoms with Gasteiger partial charge < -0.3 is 9.84 Å². The van der Waals surface area contributed by atoms with E-state index in [-0.39, 0.29) is 18.0 Å². The molecular formula is C13H16FNO2. The number of halogens is 1. The van der Waals surface area contributed by atoms with E-state index in [1.165, 1.54) is 6.07 Å². The Balaban J connectivity index is 1.62. The van der Waals surface area contributed by atoms with Crippen LogP contribution in [0.1, 0.15) is 12.0 Å². The predicted octanol–water partition coefficient (Wildman–Crippen LogP) is 1.20. The Morgan fingerprint density at radius 1 is 1.47 bits per heavy atom. The first kappa shape index (κ1) is 11.0. The second kappa shape index (κ2) is 4.27. The smallest absolute Gasteiger partial charge is 0.123 e. The topological polar surface area (TPSA) is 32.7 Å². The molecule has 0 radical (unpaired) electrons. The van der Waals surface area contributed by atoms with Crippen LogP contribution in [0.2, 0.25) is 0 Å². The van der Waals surface area contributed by atoms with Crippen LogP contribution in [-0.4, -0.2) is 41.8 Å². The van der Waals surface area contributed by atoms with Crippen LogP contribution in [0, 0.1) is 5.82 Å². The Morgan fingerprint density at radius 3 is 3.12 bits per heavy atom.